The molecular weight excluding hydrogens is 374 g/mol. The third-order valence-electron chi connectivity index (χ3n) is 5.90. The number of piperidine rings is 1. The molecule has 2 aromatic rings. The fraction of sp³-hybridized carbons (Fsp3) is 0.440. The van der Waals surface area contributed by atoms with Crippen LogP contribution in [0.15, 0.2) is 48.5 Å². The van der Waals surface area contributed by atoms with Gasteiger partial charge in [0.2, 0.25) is 5.91 Å². The second kappa shape index (κ2) is 10.4. The van der Waals surface area contributed by atoms with Crippen molar-refractivity contribution in [3.05, 3.63) is 65.2 Å². The van der Waals surface area contributed by atoms with Crippen molar-refractivity contribution >= 4 is 17.5 Å². The fourth-order valence-corrected chi connectivity index (χ4v) is 3.73. The van der Waals surface area contributed by atoms with E-state index in [1.54, 1.807) is 12.1 Å². The largest absolute Gasteiger partial charge is 0.350 e. The van der Waals surface area contributed by atoms with E-state index < -0.39 is 0 Å². The van der Waals surface area contributed by atoms with Gasteiger partial charge in [-0.2, -0.15) is 0 Å². The van der Waals surface area contributed by atoms with Crippen LogP contribution in [-0.4, -0.2) is 35.8 Å². The van der Waals surface area contributed by atoms with Crippen LogP contribution in [0.25, 0.3) is 0 Å². The normalized spacial score (nSPS) is 16.1. The molecule has 30 heavy (non-hydrogen) atoms. The minimum atomic E-state index is -0.145. The third kappa shape index (κ3) is 5.92. The number of aryl methyl sites for hydroxylation is 1. The van der Waals surface area contributed by atoms with Gasteiger partial charge in [-0.1, -0.05) is 48.9 Å². The van der Waals surface area contributed by atoms with E-state index in [2.05, 4.69) is 46.7 Å². The van der Waals surface area contributed by atoms with E-state index in [-0.39, 0.29) is 23.8 Å². The molecule has 0 radical (unpaired) electrons. The van der Waals surface area contributed by atoms with Crippen LogP contribution in [-0.2, 0) is 11.3 Å². The first-order valence-electron chi connectivity index (χ1n) is 10.9. The summed E-state index contributed by atoms with van der Waals surface area (Å²) in [5.74, 6) is -0.160. The molecule has 0 spiro atoms. The van der Waals surface area contributed by atoms with Crippen LogP contribution >= 0.6 is 0 Å². The Morgan fingerprint density at radius 1 is 1.07 bits per heavy atom. The number of hydrogen-bond acceptors (Lipinski definition) is 3. The van der Waals surface area contributed by atoms with Crippen LogP contribution in [0.5, 0.6) is 0 Å². The average molecular weight is 408 g/mol. The summed E-state index contributed by atoms with van der Waals surface area (Å²) in [6, 6.07) is 16.0. The SMILES string of the molecule is CC[C@@H](C)NC(=O)c1ccccc1NC(=O)C1CCN(Cc2ccc(C)cc2)CC1. The minimum absolute atomic E-state index is 0.00813. The van der Waals surface area contributed by atoms with Gasteiger partial charge in [-0.05, 0) is 63.9 Å². The Morgan fingerprint density at radius 3 is 2.40 bits per heavy atom. The van der Waals surface area contributed by atoms with Gasteiger partial charge in [-0.15, -0.1) is 0 Å². The number of amides is 2. The molecular formula is C25H33N3O2. The lowest BCUT2D eigenvalue weighted by molar-refractivity contribution is -0.121. The topological polar surface area (TPSA) is 61.4 Å². The lowest BCUT2D eigenvalue weighted by Gasteiger charge is -2.31. The number of carbonyl (C=O) groups is 2. The van der Waals surface area contributed by atoms with E-state index >= 15 is 0 Å². The molecule has 2 N–H and O–H groups in total. The Morgan fingerprint density at radius 2 is 1.73 bits per heavy atom. The number of anilines is 1. The van der Waals surface area contributed by atoms with Crippen molar-refractivity contribution in [1.82, 2.24) is 10.2 Å². The molecule has 3 rings (SSSR count). The Labute approximate surface area is 179 Å². The number of rotatable bonds is 7. The van der Waals surface area contributed by atoms with Crippen LogP contribution in [0.2, 0.25) is 0 Å². The molecule has 0 aromatic heterocycles. The molecule has 2 amide bonds. The highest BCUT2D eigenvalue weighted by Gasteiger charge is 2.26. The molecule has 2 aromatic carbocycles. The second-order valence-electron chi connectivity index (χ2n) is 8.35. The Bertz CT molecular complexity index is 855. The third-order valence-corrected chi connectivity index (χ3v) is 5.90. The molecule has 0 unspecified atom stereocenters. The first-order chi connectivity index (χ1) is 14.5. The van der Waals surface area contributed by atoms with Gasteiger partial charge in [-0.3, -0.25) is 14.5 Å². The van der Waals surface area contributed by atoms with Gasteiger partial charge in [-0.25, -0.2) is 0 Å². The van der Waals surface area contributed by atoms with Crippen LogP contribution < -0.4 is 10.6 Å². The smallest absolute Gasteiger partial charge is 0.253 e. The van der Waals surface area contributed by atoms with E-state index in [1.165, 1.54) is 11.1 Å². The maximum absolute atomic E-state index is 12.9. The predicted octanol–water partition coefficient (Wildman–Crippen LogP) is 4.37. The van der Waals surface area contributed by atoms with Crippen molar-refractivity contribution in [3.8, 4) is 0 Å². The van der Waals surface area contributed by atoms with Crippen molar-refractivity contribution < 1.29 is 9.59 Å². The number of nitrogens with one attached hydrogen (secondary N) is 2. The highest BCUT2D eigenvalue weighted by molar-refractivity contribution is 6.04. The highest BCUT2D eigenvalue weighted by atomic mass is 16.2. The van der Waals surface area contributed by atoms with Crippen LogP contribution in [0.3, 0.4) is 0 Å². The van der Waals surface area contributed by atoms with Crippen molar-refractivity contribution in [2.75, 3.05) is 18.4 Å². The first-order valence-corrected chi connectivity index (χ1v) is 10.9. The molecule has 1 heterocycles. The zero-order chi connectivity index (χ0) is 21.5. The molecule has 0 aliphatic carbocycles. The fourth-order valence-electron chi connectivity index (χ4n) is 3.73. The molecule has 1 fully saturated rings. The summed E-state index contributed by atoms with van der Waals surface area (Å²) in [7, 11) is 0. The molecule has 1 aliphatic heterocycles. The highest BCUT2D eigenvalue weighted by Crippen LogP contribution is 2.23. The van der Waals surface area contributed by atoms with Gasteiger partial charge in [0, 0.05) is 18.5 Å². The maximum Gasteiger partial charge on any atom is 0.253 e. The van der Waals surface area contributed by atoms with Gasteiger partial charge >= 0.3 is 0 Å². The van der Waals surface area contributed by atoms with E-state index in [0.717, 1.165) is 38.9 Å². The Kier molecular flexibility index (Phi) is 7.63. The average Bonchev–Trinajstić information content (AvgIpc) is 2.76. The number of para-hydroxylation sites is 1. The van der Waals surface area contributed by atoms with E-state index in [0.29, 0.717) is 11.3 Å². The zero-order valence-corrected chi connectivity index (χ0v) is 18.3. The summed E-state index contributed by atoms with van der Waals surface area (Å²) in [5.41, 5.74) is 3.69. The van der Waals surface area contributed by atoms with Crippen LogP contribution in [0.1, 0.15) is 54.6 Å². The summed E-state index contributed by atoms with van der Waals surface area (Å²) in [6.45, 7) is 8.84. The summed E-state index contributed by atoms with van der Waals surface area (Å²) < 4.78 is 0. The molecule has 0 bridgehead atoms. The maximum atomic E-state index is 12.9. The van der Waals surface area contributed by atoms with Gasteiger partial charge < -0.3 is 10.6 Å². The summed E-state index contributed by atoms with van der Waals surface area (Å²) in [5, 5.41) is 5.98. The van der Waals surface area contributed by atoms with Gasteiger partial charge in [0.25, 0.3) is 5.91 Å². The van der Waals surface area contributed by atoms with E-state index in [1.807, 2.05) is 26.0 Å². The molecule has 160 valence electrons. The lowest BCUT2D eigenvalue weighted by Crippen LogP contribution is -2.38. The van der Waals surface area contributed by atoms with Crippen molar-refractivity contribution in [3.63, 3.8) is 0 Å². The lowest BCUT2D eigenvalue weighted by atomic mass is 9.95. The van der Waals surface area contributed by atoms with Crippen molar-refractivity contribution in [1.29, 1.82) is 0 Å². The number of nitrogens with zero attached hydrogens (tertiary/aromatic N) is 1. The van der Waals surface area contributed by atoms with E-state index in [4.69, 9.17) is 0 Å². The van der Waals surface area contributed by atoms with Crippen LogP contribution in [0, 0.1) is 12.8 Å². The Balaban J connectivity index is 1.55. The molecule has 5 heteroatoms. The quantitative estimate of drug-likeness (QED) is 0.716. The van der Waals surface area contributed by atoms with Crippen molar-refractivity contribution in [2.45, 2.75) is 52.6 Å². The second-order valence-corrected chi connectivity index (χ2v) is 8.35. The van der Waals surface area contributed by atoms with Crippen molar-refractivity contribution in [2.24, 2.45) is 5.92 Å². The summed E-state index contributed by atoms with van der Waals surface area (Å²) in [4.78, 5) is 27.8. The van der Waals surface area contributed by atoms with Gasteiger partial charge in [0.15, 0.2) is 0 Å². The van der Waals surface area contributed by atoms with Crippen LogP contribution in [0.4, 0.5) is 5.69 Å². The number of benzene rings is 2. The molecule has 5 nitrogen and oxygen atoms in total. The standard InChI is InChI=1S/C25H33N3O2/c1-4-19(3)26-25(30)22-7-5-6-8-23(22)27-24(29)21-13-15-28(16-14-21)17-20-11-9-18(2)10-12-20/h5-12,19,21H,4,13-17H2,1-3H3,(H,26,30)(H,27,29)/t19-/m1/s1. The minimum Gasteiger partial charge on any atom is -0.350 e. The monoisotopic (exact) mass is 407 g/mol. The predicted molar refractivity (Wildman–Crippen MR) is 121 cm³/mol. The zero-order valence-electron chi connectivity index (χ0n) is 18.3. The van der Waals surface area contributed by atoms with Gasteiger partial charge in [0.1, 0.15) is 0 Å². The summed E-state index contributed by atoms with van der Waals surface area (Å²) >= 11 is 0. The molecule has 0 saturated carbocycles. The molecule has 1 saturated heterocycles. The number of hydrogen-bond donors (Lipinski definition) is 2. The van der Waals surface area contributed by atoms with E-state index in [9.17, 15) is 9.59 Å². The number of likely N-dealkylation sites (tertiary alicyclic amines) is 1. The molecule has 1 atom stereocenters. The Hall–Kier alpha value is -2.66. The number of carbonyl (C=O) groups excluding carboxylic acids is 2. The molecule has 1 aliphatic rings. The summed E-state index contributed by atoms with van der Waals surface area (Å²) in [6.07, 6.45) is 2.53. The first kappa shape index (κ1) is 22.0. The van der Waals surface area contributed by atoms with Gasteiger partial charge in [0.05, 0.1) is 11.3 Å².